The minimum absolute atomic E-state index is 0.00169. The second-order valence-corrected chi connectivity index (χ2v) is 9.29. The van der Waals surface area contributed by atoms with E-state index in [0.717, 1.165) is 11.1 Å². The number of non-ortho nitro benzene ring substituents is 1. The van der Waals surface area contributed by atoms with Crippen molar-refractivity contribution >= 4 is 46.0 Å². The average Bonchev–Trinajstić information content (AvgIpc) is 3.15. The molecule has 1 aliphatic rings. The largest absolute Gasteiger partial charge is 0.493 e. The number of nitro groups is 1. The molecule has 10 heteroatoms. The van der Waals surface area contributed by atoms with Gasteiger partial charge < -0.3 is 14.2 Å². The molecular formula is C26H22N2O6S2. The van der Waals surface area contributed by atoms with E-state index in [-0.39, 0.29) is 24.8 Å². The number of nitro benzene ring substituents is 1. The molecule has 0 bridgehead atoms. The smallest absolute Gasteiger partial charge is 0.269 e. The number of nitrogens with zero attached hydrogens (tertiary/aromatic N) is 2. The summed E-state index contributed by atoms with van der Waals surface area (Å²) in [4.78, 5) is 25.3. The van der Waals surface area contributed by atoms with E-state index in [2.05, 4.69) is 0 Å². The van der Waals surface area contributed by atoms with Crippen molar-refractivity contribution < 1.29 is 23.9 Å². The molecule has 0 radical (unpaired) electrons. The highest BCUT2D eigenvalue weighted by molar-refractivity contribution is 8.26. The number of hydrogen-bond acceptors (Lipinski definition) is 8. The van der Waals surface area contributed by atoms with Crippen LogP contribution < -0.4 is 14.2 Å². The molecule has 0 N–H and O–H groups in total. The number of ether oxygens (including phenoxy) is 3. The van der Waals surface area contributed by atoms with Gasteiger partial charge in [-0.2, -0.15) is 0 Å². The molecule has 4 rings (SSSR count). The van der Waals surface area contributed by atoms with Crippen molar-refractivity contribution in [1.82, 2.24) is 4.90 Å². The topological polar surface area (TPSA) is 91.1 Å². The highest BCUT2D eigenvalue weighted by Crippen LogP contribution is 2.35. The summed E-state index contributed by atoms with van der Waals surface area (Å²) in [5.74, 6) is 1.42. The fourth-order valence-corrected chi connectivity index (χ4v) is 4.68. The molecule has 1 amide bonds. The van der Waals surface area contributed by atoms with Crippen molar-refractivity contribution in [3.8, 4) is 17.2 Å². The molecule has 3 aromatic rings. The number of rotatable bonds is 10. The fraction of sp³-hybridized carbons (Fsp3) is 0.154. The van der Waals surface area contributed by atoms with Gasteiger partial charge in [-0.05, 0) is 41.5 Å². The number of hydrogen-bond donors (Lipinski definition) is 0. The van der Waals surface area contributed by atoms with Crippen molar-refractivity contribution in [2.24, 2.45) is 0 Å². The van der Waals surface area contributed by atoms with Crippen molar-refractivity contribution in [3.63, 3.8) is 0 Å². The maximum absolute atomic E-state index is 12.9. The lowest BCUT2D eigenvalue weighted by Gasteiger charge is -2.14. The summed E-state index contributed by atoms with van der Waals surface area (Å²) in [6, 6.07) is 20.9. The molecule has 0 spiro atoms. The summed E-state index contributed by atoms with van der Waals surface area (Å²) in [7, 11) is 1.54. The molecule has 3 aromatic carbocycles. The first kappa shape index (κ1) is 25.2. The highest BCUT2D eigenvalue weighted by atomic mass is 32.2. The van der Waals surface area contributed by atoms with Crippen molar-refractivity contribution in [2.45, 2.75) is 6.54 Å². The van der Waals surface area contributed by atoms with Crippen molar-refractivity contribution in [1.29, 1.82) is 0 Å². The summed E-state index contributed by atoms with van der Waals surface area (Å²) in [6.07, 6.45) is 1.79. The summed E-state index contributed by atoms with van der Waals surface area (Å²) in [5.41, 5.74) is 1.79. The van der Waals surface area contributed by atoms with E-state index in [9.17, 15) is 14.9 Å². The Morgan fingerprint density at radius 1 is 1.00 bits per heavy atom. The molecule has 1 heterocycles. The molecule has 1 saturated heterocycles. The number of methoxy groups -OCH3 is 1. The Kier molecular flexibility index (Phi) is 8.19. The van der Waals surface area contributed by atoms with Crippen LogP contribution in [0.3, 0.4) is 0 Å². The number of carbonyl (C=O) groups is 1. The van der Waals surface area contributed by atoms with Crippen molar-refractivity contribution in [2.75, 3.05) is 20.3 Å². The van der Waals surface area contributed by atoms with Crippen LogP contribution in [-0.4, -0.2) is 40.4 Å². The summed E-state index contributed by atoms with van der Waals surface area (Å²) < 4.78 is 17.3. The van der Waals surface area contributed by atoms with Crippen LogP contribution in [0.15, 0.2) is 77.7 Å². The third-order valence-electron chi connectivity index (χ3n) is 5.20. The zero-order chi connectivity index (χ0) is 25.5. The standard InChI is InChI=1S/C26H22N2O6S2/c1-32-23-15-19(16-24-25(29)27(26(35)36-24)17-18-5-3-2-4-6-18)7-12-22(23)34-14-13-33-21-10-8-20(9-11-21)28(30)31/h2-12,15-16H,13-14,17H2,1H3. The Morgan fingerprint density at radius 3 is 2.42 bits per heavy atom. The Labute approximate surface area is 217 Å². The average molecular weight is 523 g/mol. The lowest BCUT2D eigenvalue weighted by atomic mass is 10.1. The van der Waals surface area contributed by atoms with Crippen LogP contribution >= 0.6 is 24.0 Å². The lowest BCUT2D eigenvalue weighted by Crippen LogP contribution is -2.27. The molecule has 0 atom stereocenters. The SMILES string of the molecule is COc1cc(C=C2SC(=S)N(Cc3ccccc3)C2=O)ccc1OCCOc1ccc([N+](=O)[O-])cc1. The number of thioether (sulfide) groups is 1. The van der Waals surface area contributed by atoms with Gasteiger partial charge in [-0.15, -0.1) is 0 Å². The third kappa shape index (κ3) is 6.21. The maximum Gasteiger partial charge on any atom is 0.269 e. The quantitative estimate of drug-likeness (QED) is 0.114. The summed E-state index contributed by atoms with van der Waals surface area (Å²) in [5, 5.41) is 10.7. The Morgan fingerprint density at radius 2 is 1.72 bits per heavy atom. The van der Waals surface area contributed by atoms with Gasteiger partial charge in [-0.3, -0.25) is 19.8 Å². The van der Waals surface area contributed by atoms with Gasteiger partial charge in [0.05, 0.1) is 23.5 Å². The van der Waals surface area contributed by atoms with Crippen LogP contribution in [0.2, 0.25) is 0 Å². The van der Waals surface area contributed by atoms with Gasteiger partial charge in [0.15, 0.2) is 11.5 Å². The number of amides is 1. The number of thiocarbonyl (C=S) groups is 1. The molecule has 1 aliphatic heterocycles. The predicted molar refractivity (Wildman–Crippen MR) is 142 cm³/mol. The van der Waals surface area contributed by atoms with E-state index in [1.165, 1.54) is 36.0 Å². The van der Waals surface area contributed by atoms with Gasteiger partial charge in [-0.25, -0.2) is 0 Å². The zero-order valence-electron chi connectivity index (χ0n) is 19.3. The van der Waals surface area contributed by atoms with Crippen LogP contribution in [-0.2, 0) is 11.3 Å². The third-order valence-corrected chi connectivity index (χ3v) is 6.58. The van der Waals surface area contributed by atoms with Gasteiger partial charge in [0, 0.05) is 12.1 Å². The molecule has 0 aliphatic carbocycles. The lowest BCUT2D eigenvalue weighted by molar-refractivity contribution is -0.384. The van der Waals surface area contributed by atoms with Gasteiger partial charge in [-0.1, -0.05) is 60.4 Å². The van der Waals surface area contributed by atoms with E-state index >= 15 is 0 Å². The summed E-state index contributed by atoms with van der Waals surface area (Å²) in [6.45, 7) is 0.915. The van der Waals surface area contributed by atoms with Crippen LogP contribution in [0, 0.1) is 10.1 Å². The first-order valence-electron chi connectivity index (χ1n) is 10.9. The molecule has 0 unspecified atom stereocenters. The first-order valence-corrected chi connectivity index (χ1v) is 12.1. The maximum atomic E-state index is 12.9. The van der Waals surface area contributed by atoms with Crippen LogP contribution in [0.1, 0.15) is 11.1 Å². The van der Waals surface area contributed by atoms with E-state index < -0.39 is 4.92 Å². The highest BCUT2D eigenvalue weighted by Gasteiger charge is 2.32. The van der Waals surface area contributed by atoms with Crippen molar-refractivity contribution in [3.05, 3.63) is 98.9 Å². The molecule has 8 nitrogen and oxygen atoms in total. The molecular weight excluding hydrogens is 500 g/mol. The predicted octanol–water partition coefficient (Wildman–Crippen LogP) is 5.46. The van der Waals surface area contributed by atoms with Gasteiger partial charge >= 0.3 is 0 Å². The van der Waals surface area contributed by atoms with E-state index in [4.69, 9.17) is 26.4 Å². The number of benzene rings is 3. The minimum Gasteiger partial charge on any atom is -0.493 e. The van der Waals surface area contributed by atoms with Gasteiger partial charge in [0.1, 0.15) is 23.3 Å². The first-order chi connectivity index (χ1) is 17.4. The zero-order valence-corrected chi connectivity index (χ0v) is 20.9. The Hall–Kier alpha value is -3.89. The summed E-state index contributed by atoms with van der Waals surface area (Å²) >= 11 is 6.71. The Balaban J connectivity index is 1.36. The normalized spacial score (nSPS) is 14.2. The molecule has 0 aromatic heterocycles. The van der Waals surface area contributed by atoms with Crippen LogP contribution in [0.4, 0.5) is 5.69 Å². The number of carbonyl (C=O) groups excluding carboxylic acids is 1. The van der Waals surface area contributed by atoms with Gasteiger partial charge in [0.25, 0.3) is 11.6 Å². The van der Waals surface area contributed by atoms with E-state index in [0.29, 0.717) is 33.0 Å². The van der Waals surface area contributed by atoms with E-state index in [1.54, 1.807) is 30.2 Å². The molecule has 36 heavy (non-hydrogen) atoms. The fourth-order valence-electron chi connectivity index (χ4n) is 3.42. The molecule has 0 saturated carbocycles. The van der Waals surface area contributed by atoms with Crippen LogP contribution in [0.5, 0.6) is 17.2 Å². The minimum atomic E-state index is -0.463. The second-order valence-electron chi connectivity index (χ2n) is 7.61. The monoisotopic (exact) mass is 522 g/mol. The molecule has 184 valence electrons. The second kappa shape index (κ2) is 11.7. The van der Waals surface area contributed by atoms with E-state index in [1.807, 2.05) is 36.4 Å². The molecule has 1 fully saturated rings. The van der Waals surface area contributed by atoms with Gasteiger partial charge in [0.2, 0.25) is 0 Å². The van der Waals surface area contributed by atoms with Crippen LogP contribution in [0.25, 0.3) is 6.08 Å². The Bertz CT molecular complexity index is 1300.